The van der Waals surface area contributed by atoms with Crippen molar-refractivity contribution in [3.63, 3.8) is 0 Å². The van der Waals surface area contributed by atoms with Gasteiger partial charge in [0, 0.05) is 12.6 Å². The molecule has 0 bridgehead atoms. The van der Waals surface area contributed by atoms with Crippen LogP contribution in [0, 0.1) is 17.0 Å². The normalized spacial score (nSPS) is 11.4. The maximum atomic E-state index is 11.7. The number of ether oxygens (including phenoxy) is 1. The lowest BCUT2D eigenvalue weighted by atomic mass is 10.2. The van der Waals surface area contributed by atoms with E-state index in [1.165, 1.54) is 19.1 Å². The molecular weight excluding hydrogens is 278 g/mol. The summed E-state index contributed by atoms with van der Waals surface area (Å²) in [5, 5.41) is 15.4. The summed E-state index contributed by atoms with van der Waals surface area (Å²) in [7, 11) is 0. The Morgan fingerprint density at radius 2 is 2.10 bits per heavy atom. The first-order valence-electron chi connectivity index (χ1n) is 6.35. The van der Waals surface area contributed by atoms with Crippen LogP contribution in [0.5, 0.6) is 5.75 Å². The van der Waals surface area contributed by atoms with E-state index in [1.807, 2.05) is 0 Å². The molecule has 1 aromatic rings. The van der Waals surface area contributed by atoms with Crippen molar-refractivity contribution in [2.75, 3.05) is 6.54 Å². The molecule has 8 heteroatoms. The summed E-state index contributed by atoms with van der Waals surface area (Å²) in [6, 6.07) is 3.76. The molecule has 0 saturated carbocycles. The largest absolute Gasteiger partial charge is 0.474 e. The summed E-state index contributed by atoms with van der Waals surface area (Å²) in [6.45, 7) is 5.19. The SMILES string of the molecule is CCNC(=O)NC(=O)[C@@H](C)Oc1ccc(C)cc1[N+](=O)[O-]. The zero-order valence-corrected chi connectivity index (χ0v) is 12.0. The number of benzene rings is 1. The van der Waals surface area contributed by atoms with Crippen LogP contribution in [0.15, 0.2) is 18.2 Å². The van der Waals surface area contributed by atoms with Crippen LogP contribution < -0.4 is 15.4 Å². The first-order valence-corrected chi connectivity index (χ1v) is 6.35. The van der Waals surface area contributed by atoms with Gasteiger partial charge in [-0.15, -0.1) is 0 Å². The molecular formula is C13H17N3O5. The van der Waals surface area contributed by atoms with Gasteiger partial charge in [0.1, 0.15) is 0 Å². The quantitative estimate of drug-likeness (QED) is 0.632. The highest BCUT2D eigenvalue weighted by Gasteiger charge is 2.22. The number of imide groups is 1. The highest BCUT2D eigenvalue weighted by Crippen LogP contribution is 2.28. The highest BCUT2D eigenvalue weighted by molar-refractivity contribution is 5.96. The van der Waals surface area contributed by atoms with Crippen LogP contribution in [0.1, 0.15) is 19.4 Å². The fourth-order valence-electron chi connectivity index (χ4n) is 1.53. The molecule has 8 nitrogen and oxygen atoms in total. The molecule has 0 aromatic heterocycles. The second kappa shape index (κ2) is 7.22. The van der Waals surface area contributed by atoms with E-state index >= 15 is 0 Å². The van der Waals surface area contributed by atoms with Gasteiger partial charge in [0.25, 0.3) is 5.91 Å². The second-order valence-corrected chi connectivity index (χ2v) is 4.34. The number of carbonyl (C=O) groups excluding carboxylic acids is 2. The van der Waals surface area contributed by atoms with E-state index in [4.69, 9.17) is 4.74 Å². The Bertz CT molecular complexity index is 559. The molecule has 0 radical (unpaired) electrons. The van der Waals surface area contributed by atoms with Gasteiger partial charge in [0.2, 0.25) is 0 Å². The van der Waals surface area contributed by atoms with Crippen molar-refractivity contribution in [3.05, 3.63) is 33.9 Å². The highest BCUT2D eigenvalue weighted by atomic mass is 16.6. The Kier molecular flexibility index (Phi) is 5.65. The molecule has 1 atom stereocenters. The summed E-state index contributed by atoms with van der Waals surface area (Å²) < 4.78 is 5.27. The molecule has 0 heterocycles. The minimum atomic E-state index is -1.05. The zero-order chi connectivity index (χ0) is 16.0. The van der Waals surface area contributed by atoms with Gasteiger partial charge < -0.3 is 10.1 Å². The number of nitro benzene ring substituents is 1. The monoisotopic (exact) mass is 295 g/mol. The molecule has 0 aliphatic rings. The lowest BCUT2D eigenvalue weighted by Gasteiger charge is -2.14. The predicted molar refractivity (Wildman–Crippen MR) is 75.1 cm³/mol. The fourth-order valence-corrected chi connectivity index (χ4v) is 1.53. The Labute approximate surface area is 121 Å². The van der Waals surface area contributed by atoms with Crippen molar-refractivity contribution in [2.24, 2.45) is 0 Å². The smallest absolute Gasteiger partial charge is 0.321 e. The lowest BCUT2D eigenvalue weighted by Crippen LogP contribution is -2.45. The van der Waals surface area contributed by atoms with Gasteiger partial charge in [0.15, 0.2) is 11.9 Å². The average molecular weight is 295 g/mol. The molecule has 0 spiro atoms. The first kappa shape index (κ1) is 16.4. The van der Waals surface area contributed by atoms with Crippen LogP contribution in [-0.2, 0) is 4.79 Å². The maximum Gasteiger partial charge on any atom is 0.321 e. The van der Waals surface area contributed by atoms with Gasteiger partial charge in [-0.3, -0.25) is 20.2 Å². The van der Waals surface area contributed by atoms with E-state index in [9.17, 15) is 19.7 Å². The van der Waals surface area contributed by atoms with Gasteiger partial charge in [-0.25, -0.2) is 4.79 Å². The summed E-state index contributed by atoms with van der Waals surface area (Å²) >= 11 is 0. The van der Waals surface area contributed by atoms with Crippen molar-refractivity contribution in [1.29, 1.82) is 0 Å². The van der Waals surface area contributed by atoms with E-state index < -0.39 is 23.0 Å². The van der Waals surface area contributed by atoms with Crippen molar-refractivity contribution in [3.8, 4) is 5.75 Å². The Morgan fingerprint density at radius 1 is 1.43 bits per heavy atom. The van der Waals surface area contributed by atoms with E-state index in [1.54, 1.807) is 19.9 Å². The predicted octanol–water partition coefficient (Wildman–Crippen LogP) is 1.52. The number of nitrogens with one attached hydrogen (secondary N) is 2. The Morgan fingerprint density at radius 3 is 2.67 bits per heavy atom. The number of carbonyl (C=O) groups is 2. The molecule has 0 saturated heterocycles. The molecule has 21 heavy (non-hydrogen) atoms. The molecule has 3 amide bonds. The van der Waals surface area contributed by atoms with E-state index in [0.29, 0.717) is 12.1 Å². The Hall–Kier alpha value is -2.64. The second-order valence-electron chi connectivity index (χ2n) is 4.34. The molecule has 0 aliphatic heterocycles. The Balaban J connectivity index is 2.79. The number of nitrogens with zero attached hydrogens (tertiary/aromatic N) is 1. The number of nitro groups is 1. The van der Waals surface area contributed by atoms with Crippen LogP contribution >= 0.6 is 0 Å². The summed E-state index contributed by atoms with van der Waals surface area (Å²) in [6.07, 6.45) is -1.05. The minimum Gasteiger partial charge on any atom is -0.474 e. The fraction of sp³-hybridized carbons (Fsp3) is 0.385. The molecule has 1 rings (SSSR count). The number of aryl methyl sites for hydroxylation is 1. The number of hydrogen-bond donors (Lipinski definition) is 2. The third kappa shape index (κ3) is 4.75. The van der Waals surface area contributed by atoms with Crippen molar-refractivity contribution in [2.45, 2.75) is 26.9 Å². The van der Waals surface area contributed by atoms with Crippen LogP contribution in [0.4, 0.5) is 10.5 Å². The van der Waals surface area contributed by atoms with Gasteiger partial charge in [-0.05, 0) is 32.4 Å². The topological polar surface area (TPSA) is 111 Å². The van der Waals surface area contributed by atoms with Gasteiger partial charge >= 0.3 is 11.7 Å². The van der Waals surface area contributed by atoms with Crippen LogP contribution in [-0.4, -0.2) is 29.5 Å². The van der Waals surface area contributed by atoms with Crippen molar-refractivity contribution >= 4 is 17.6 Å². The molecule has 0 unspecified atom stereocenters. The standard InChI is InChI=1S/C13H17N3O5/c1-4-14-13(18)15-12(17)9(3)21-11-6-5-8(2)7-10(11)16(19)20/h5-7,9H,4H2,1-3H3,(H2,14,15,17,18)/t9-/m1/s1. The maximum absolute atomic E-state index is 11.7. The molecule has 114 valence electrons. The first-order chi connectivity index (χ1) is 9.85. The third-order valence-electron chi connectivity index (χ3n) is 2.56. The average Bonchev–Trinajstić information content (AvgIpc) is 2.40. The zero-order valence-electron chi connectivity index (χ0n) is 12.0. The van der Waals surface area contributed by atoms with Crippen molar-refractivity contribution in [1.82, 2.24) is 10.6 Å². The van der Waals surface area contributed by atoms with Gasteiger partial charge in [-0.1, -0.05) is 6.07 Å². The van der Waals surface area contributed by atoms with E-state index in [0.717, 1.165) is 0 Å². The number of rotatable bonds is 5. The van der Waals surface area contributed by atoms with Gasteiger partial charge in [-0.2, -0.15) is 0 Å². The molecule has 1 aromatic carbocycles. The van der Waals surface area contributed by atoms with Crippen molar-refractivity contribution < 1.29 is 19.2 Å². The minimum absolute atomic E-state index is 0.0239. The van der Waals surface area contributed by atoms with Crippen LogP contribution in [0.3, 0.4) is 0 Å². The number of urea groups is 1. The van der Waals surface area contributed by atoms with E-state index in [2.05, 4.69) is 10.6 Å². The lowest BCUT2D eigenvalue weighted by molar-refractivity contribution is -0.386. The number of hydrogen-bond acceptors (Lipinski definition) is 5. The third-order valence-corrected chi connectivity index (χ3v) is 2.56. The van der Waals surface area contributed by atoms with Gasteiger partial charge in [0.05, 0.1) is 4.92 Å². The summed E-state index contributed by atoms with van der Waals surface area (Å²) in [5.74, 6) is -0.708. The molecule has 2 N–H and O–H groups in total. The number of amides is 3. The molecule has 0 aliphatic carbocycles. The van der Waals surface area contributed by atoms with Crippen LogP contribution in [0.25, 0.3) is 0 Å². The van der Waals surface area contributed by atoms with E-state index in [-0.39, 0.29) is 11.4 Å². The van der Waals surface area contributed by atoms with Crippen LogP contribution in [0.2, 0.25) is 0 Å². The summed E-state index contributed by atoms with van der Waals surface area (Å²) in [5.41, 5.74) is 0.473. The summed E-state index contributed by atoms with van der Waals surface area (Å²) in [4.78, 5) is 33.3. The molecule has 0 fully saturated rings.